The van der Waals surface area contributed by atoms with Crippen LogP contribution < -0.4 is 4.74 Å². The minimum atomic E-state index is -0.802. The van der Waals surface area contributed by atoms with Crippen molar-refractivity contribution in [3.63, 3.8) is 0 Å². The van der Waals surface area contributed by atoms with Crippen LogP contribution in [0.5, 0.6) is 5.75 Å². The Morgan fingerprint density at radius 1 is 1.52 bits per heavy atom. The Hall–Kier alpha value is -1.62. The number of ether oxygens (including phenoxy) is 1. The monoisotopic (exact) mass is 295 g/mol. The lowest BCUT2D eigenvalue weighted by molar-refractivity contribution is -0.145. The molecule has 21 heavy (non-hydrogen) atoms. The van der Waals surface area contributed by atoms with Crippen molar-refractivity contribution in [1.82, 2.24) is 4.90 Å². The molecule has 2 unspecified atom stereocenters. The largest absolute Gasteiger partial charge is 0.496 e. The summed E-state index contributed by atoms with van der Waals surface area (Å²) in [5.41, 5.74) is 0.693. The number of likely N-dealkylation sites (tertiary alicyclic amines) is 1. The summed E-state index contributed by atoms with van der Waals surface area (Å²) in [5.74, 6) is -0.0838. The van der Waals surface area contributed by atoms with Gasteiger partial charge < -0.3 is 9.84 Å². The second-order valence-corrected chi connectivity index (χ2v) is 5.58. The second kappa shape index (κ2) is 6.89. The van der Waals surface area contributed by atoms with Crippen LogP contribution in [-0.4, -0.2) is 35.7 Å². The highest BCUT2D eigenvalue weighted by Gasteiger charge is 2.33. The molecule has 1 aromatic rings. The minimum absolute atomic E-state index is 0.332. The molecule has 0 spiro atoms. The van der Waals surface area contributed by atoms with E-state index in [0.29, 0.717) is 30.2 Å². The number of carboxylic acids is 1. The highest BCUT2D eigenvalue weighted by molar-refractivity contribution is 5.73. The number of rotatable bonds is 5. The maximum Gasteiger partial charge on any atom is 0.320 e. The number of aliphatic carboxylic acids is 1. The Balaban J connectivity index is 2.17. The molecule has 1 N–H and O–H groups in total. The average molecular weight is 295 g/mol. The van der Waals surface area contributed by atoms with Crippen LogP contribution in [-0.2, 0) is 11.3 Å². The Kier molecular flexibility index (Phi) is 5.17. The van der Waals surface area contributed by atoms with E-state index in [9.17, 15) is 14.3 Å². The van der Waals surface area contributed by atoms with Gasteiger partial charge in [0.15, 0.2) is 0 Å². The van der Waals surface area contributed by atoms with E-state index >= 15 is 0 Å². The van der Waals surface area contributed by atoms with Crippen molar-refractivity contribution in [2.45, 2.75) is 38.8 Å². The van der Waals surface area contributed by atoms with Crippen molar-refractivity contribution in [2.75, 3.05) is 13.7 Å². The van der Waals surface area contributed by atoms with Gasteiger partial charge >= 0.3 is 5.97 Å². The number of nitrogens with zero attached hydrogens (tertiary/aromatic N) is 1. The Morgan fingerprint density at radius 2 is 2.29 bits per heavy atom. The van der Waals surface area contributed by atoms with Gasteiger partial charge in [-0.2, -0.15) is 0 Å². The molecule has 1 aliphatic rings. The Bertz CT molecular complexity index is 506. The molecule has 4 nitrogen and oxygen atoms in total. The highest BCUT2D eigenvalue weighted by atomic mass is 19.1. The summed E-state index contributed by atoms with van der Waals surface area (Å²) in [4.78, 5) is 13.4. The zero-order chi connectivity index (χ0) is 15.4. The van der Waals surface area contributed by atoms with Crippen LogP contribution in [0.25, 0.3) is 0 Å². The third-order valence-electron chi connectivity index (χ3n) is 4.30. The first-order valence-corrected chi connectivity index (χ1v) is 7.34. The number of hydrogen-bond donors (Lipinski definition) is 1. The van der Waals surface area contributed by atoms with Gasteiger partial charge in [0, 0.05) is 12.1 Å². The summed E-state index contributed by atoms with van der Waals surface area (Å²) < 4.78 is 18.7. The number of halogens is 1. The van der Waals surface area contributed by atoms with Crippen LogP contribution in [0, 0.1) is 11.7 Å². The fourth-order valence-electron chi connectivity index (χ4n) is 2.99. The first kappa shape index (κ1) is 15.8. The van der Waals surface area contributed by atoms with Crippen LogP contribution >= 0.6 is 0 Å². The first-order valence-electron chi connectivity index (χ1n) is 7.34. The predicted octanol–water partition coefficient (Wildman–Crippen LogP) is 2.91. The lowest BCUT2D eigenvalue weighted by Crippen LogP contribution is -2.46. The zero-order valence-corrected chi connectivity index (χ0v) is 12.5. The normalized spacial score (nSPS) is 23.0. The maximum atomic E-state index is 13.4. The van der Waals surface area contributed by atoms with Crippen LogP contribution in [0.15, 0.2) is 18.2 Å². The fourth-order valence-corrected chi connectivity index (χ4v) is 2.99. The molecule has 0 aromatic heterocycles. The molecule has 1 aromatic carbocycles. The number of carbonyl (C=O) groups is 1. The van der Waals surface area contributed by atoms with E-state index < -0.39 is 12.0 Å². The van der Waals surface area contributed by atoms with Gasteiger partial charge in [0.1, 0.15) is 17.6 Å². The number of carboxylic acid groups (broad SMARTS) is 1. The molecule has 0 saturated carbocycles. The number of benzene rings is 1. The van der Waals surface area contributed by atoms with Gasteiger partial charge in [-0.3, -0.25) is 9.69 Å². The van der Waals surface area contributed by atoms with E-state index in [0.717, 1.165) is 19.4 Å². The Labute approximate surface area is 124 Å². The molecule has 0 aliphatic carbocycles. The van der Waals surface area contributed by atoms with E-state index in [-0.39, 0.29) is 5.82 Å². The molecule has 2 rings (SSSR count). The van der Waals surface area contributed by atoms with Crippen LogP contribution in [0.3, 0.4) is 0 Å². The molecule has 0 bridgehead atoms. The van der Waals surface area contributed by atoms with Crippen molar-refractivity contribution in [1.29, 1.82) is 0 Å². The van der Waals surface area contributed by atoms with Gasteiger partial charge in [-0.25, -0.2) is 4.39 Å². The summed E-state index contributed by atoms with van der Waals surface area (Å²) in [6, 6.07) is 3.85. The minimum Gasteiger partial charge on any atom is -0.496 e. The van der Waals surface area contributed by atoms with Crippen molar-refractivity contribution in [3.05, 3.63) is 29.6 Å². The van der Waals surface area contributed by atoms with E-state index in [4.69, 9.17) is 4.74 Å². The van der Waals surface area contributed by atoms with Gasteiger partial charge in [0.05, 0.1) is 7.11 Å². The Morgan fingerprint density at radius 3 is 2.90 bits per heavy atom. The summed E-state index contributed by atoms with van der Waals surface area (Å²) in [5, 5.41) is 9.43. The van der Waals surface area contributed by atoms with E-state index in [1.807, 2.05) is 4.90 Å². The smallest absolute Gasteiger partial charge is 0.320 e. The molecule has 0 radical (unpaired) electrons. The molecule has 1 saturated heterocycles. The molecule has 2 atom stereocenters. The summed E-state index contributed by atoms with van der Waals surface area (Å²) >= 11 is 0. The first-order chi connectivity index (χ1) is 10.0. The number of methoxy groups -OCH3 is 1. The average Bonchev–Trinajstić information content (AvgIpc) is 2.47. The predicted molar refractivity (Wildman–Crippen MR) is 77.8 cm³/mol. The summed E-state index contributed by atoms with van der Waals surface area (Å²) in [6.45, 7) is 3.21. The van der Waals surface area contributed by atoms with Gasteiger partial charge in [-0.15, -0.1) is 0 Å². The SMILES string of the molecule is CCC1CCN(Cc2cc(F)ccc2OC)C(C(=O)O)C1. The molecule has 1 aliphatic heterocycles. The van der Waals surface area contributed by atoms with E-state index in [2.05, 4.69) is 6.92 Å². The zero-order valence-electron chi connectivity index (χ0n) is 12.5. The second-order valence-electron chi connectivity index (χ2n) is 5.58. The fraction of sp³-hybridized carbons (Fsp3) is 0.562. The quantitative estimate of drug-likeness (QED) is 0.907. The molecular formula is C16H22FNO3. The highest BCUT2D eigenvalue weighted by Crippen LogP contribution is 2.29. The summed E-state index contributed by atoms with van der Waals surface area (Å²) in [6.07, 6.45) is 2.64. The van der Waals surface area contributed by atoms with Gasteiger partial charge in [0.2, 0.25) is 0 Å². The van der Waals surface area contributed by atoms with Gasteiger partial charge in [-0.1, -0.05) is 13.3 Å². The van der Waals surface area contributed by atoms with Crippen molar-refractivity contribution in [2.24, 2.45) is 5.92 Å². The van der Waals surface area contributed by atoms with Crippen molar-refractivity contribution < 1.29 is 19.0 Å². The molecule has 5 heteroatoms. The molecular weight excluding hydrogens is 273 g/mol. The van der Waals surface area contributed by atoms with E-state index in [1.165, 1.54) is 19.2 Å². The van der Waals surface area contributed by atoms with Crippen LogP contribution in [0.4, 0.5) is 4.39 Å². The lowest BCUT2D eigenvalue weighted by atomic mass is 9.88. The van der Waals surface area contributed by atoms with Crippen LogP contribution in [0.2, 0.25) is 0 Å². The molecule has 0 amide bonds. The van der Waals surface area contributed by atoms with Crippen LogP contribution in [0.1, 0.15) is 31.7 Å². The third-order valence-corrected chi connectivity index (χ3v) is 4.30. The standard InChI is InChI=1S/C16H22FNO3/c1-3-11-6-7-18(14(8-11)16(19)20)10-12-9-13(17)4-5-15(12)21-2/h4-5,9,11,14H,3,6-8,10H2,1-2H3,(H,19,20). The number of piperidine rings is 1. The molecule has 1 heterocycles. The van der Waals surface area contributed by atoms with E-state index in [1.54, 1.807) is 6.07 Å². The van der Waals surface area contributed by atoms with Crippen molar-refractivity contribution in [3.8, 4) is 5.75 Å². The maximum absolute atomic E-state index is 13.4. The van der Waals surface area contributed by atoms with Crippen molar-refractivity contribution >= 4 is 5.97 Å². The topological polar surface area (TPSA) is 49.8 Å². The molecule has 116 valence electrons. The third kappa shape index (κ3) is 3.73. The lowest BCUT2D eigenvalue weighted by Gasteiger charge is -2.37. The van der Waals surface area contributed by atoms with Gasteiger partial charge in [0.25, 0.3) is 0 Å². The summed E-state index contributed by atoms with van der Waals surface area (Å²) in [7, 11) is 1.54. The molecule has 1 fully saturated rings. The van der Waals surface area contributed by atoms with Gasteiger partial charge in [-0.05, 0) is 43.5 Å². The number of hydrogen-bond acceptors (Lipinski definition) is 3.